The molecule has 1 saturated heterocycles. The highest BCUT2D eigenvalue weighted by Crippen LogP contribution is 2.15. The van der Waals surface area contributed by atoms with E-state index >= 15 is 0 Å². The number of rotatable bonds is 1. The molecule has 1 fully saturated rings. The fourth-order valence-electron chi connectivity index (χ4n) is 2.10. The van der Waals surface area contributed by atoms with Gasteiger partial charge in [-0.15, -0.1) is 12.4 Å². The van der Waals surface area contributed by atoms with Crippen molar-refractivity contribution < 1.29 is 9.18 Å². The van der Waals surface area contributed by atoms with Gasteiger partial charge in [-0.2, -0.15) is 0 Å². The minimum atomic E-state index is -0.439. The molecule has 0 saturated carbocycles. The molecule has 0 aromatic heterocycles. The van der Waals surface area contributed by atoms with Crippen LogP contribution in [0.4, 0.5) is 4.39 Å². The van der Waals surface area contributed by atoms with Gasteiger partial charge in [0.2, 0.25) is 0 Å². The Bertz CT molecular complexity index is 439. The van der Waals surface area contributed by atoms with E-state index in [0.29, 0.717) is 6.54 Å². The van der Waals surface area contributed by atoms with E-state index < -0.39 is 5.82 Å². The Kier molecular flexibility index (Phi) is 5.11. The first kappa shape index (κ1) is 14.9. The van der Waals surface area contributed by atoms with Gasteiger partial charge in [-0.3, -0.25) is 4.79 Å². The molecule has 5 heteroatoms. The summed E-state index contributed by atoms with van der Waals surface area (Å²) in [5, 5.41) is 3.21. The average Bonchev–Trinajstić information content (AvgIpc) is 2.32. The van der Waals surface area contributed by atoms with Crippen molar-refractivity contribution in [3.8, 4) is 0 Å². The number of hydrogen-bond donors (Lipinski definition) is 1. The molecule has 2 rings (SSSR count). The second kappa shape index (κ2) is 6.16. The molecule has 0 spiro atoms. The minimum Gasteiger partial charge on any atom is -0.333 e. The van der Waals surface area contributed by atoms with Gasteiger partial charge in [0.25, 0.3) is 5.91 Å². The zero-order valence-electron chi connectivity index (χ0n) is 10.6. The summed E-state index contributed by atoms with van der Waals surface area (Å²) in [5.41, 5.74) is 1.08. The Morgan fingerprint density at radius 1 is 1.50 bits per heavy atom. The summed E-state index contributed by atoms with van der Waals surface area (Å²) in [4.78, 5) is 14.0. The van der Waals surface area contributed by atoms with Crippen LogP contribution in [0.15, 0.2) is 18.2 Å². The number of amides is 1. The van der Waals surface area contributed by atoms with Crippen LogP contribution in [0.25, 0.3) is 0 Å². The lowest BCUT2D eigenvalue weighted by atomic mass is 10.1. The van der Waals surface area contributed by atoms with Crippen LogP contribution in [0.3, 0.4) is 0 Å². The maximum atomic E-state index is 13.6. The molecule has 1 atom stereocenters. The number of hydrogen-bond acceptors (Lipinski definition) is 2. The quantitative estimate of drug-likeness (QED) is 0.848. The number of nitrogens with zero attached hydrogens (tertiary/aromatic N) is 1. The van der Waals surface area contributed by atoms with E-state index in [2.05, 4.69) is 5.32 Å². The Morgan fingerprint density at radius 3 is 2.89 bits per heavy atom. The molecule has 1 heterocycles. The molecule has 0 bridgehead atoms. The maximum absolute atomic E-state index is 13.6. The first-order chi connectivity index (χ1) is 8.09. The third kappa shape index (κ3) is 3.00. The van der Waals surface area contributed by atoms with Crippen LogP contribution in [0, 0.1) is 12.7 Å². The van der Waals surface area contributed by atoms with Gasteiger partial charge in [-0.1, -0.05) is 11.6 Å². The van der Waals surface area contributed by atoms with Crippen molar-refractivity contribution in [3.63, 3.8) is 0 Å². The average molecular weight is 273 g/mol. The molecule has 1 aliphatic rings. The predicted octanol–water partition coefficient (Wildman–Crippen LogP) is 1.99. The van der Waals surface area contributed by atoms with E-state index in [-0.39, 0.29) is 29.9 Å². The van der Waals surface area contributed by atoms with Gasteiger partial charge in [-0.05, 0) is 26.0 Å². The molecular formula is C13H18ClFN2O. The number of carbonyl (C=O) groups is 1. The fourth-order valence-corrected chi connectivity index (χ4v) is 2.10. The first-order valence-corrected chi connectivity index (χ1v) is 5.87. The van der Waals surface area contributed by atoms with Gasteiger partial charge in [0.15, 0.2) is 0 Å². The summed E-state index contributed by atoms with van der Waals surface area (Å²) in [6.07, 6.45) is 0. The molecular weight excluding hydrogens is 255 g/mol. The van der Waals surface area contributed by atoms with Gasteiger partial charge < -0.3 is 10.2 Å². The summed E-state index contributed by atoms with van der Waals surface area (Å²) < 4.78 is 13.6. The van der Waals surface area contributed by atoms with Gasteiger partial charge in [0, 0.05) is 25.7 Å². The summed E-state index contributed by atoms with van der Waals surface area (Å²) in [6.45, 7) is 5.99. The van der Waals surface area contributed by atoms with Crippen molar-refractivity contribution >= 4 is 18.3 Å². The Morgan fingerprint density at radius 2 is 2.22 bits per heavy atom. The molecule has 1 N–H and O–H groups in total. The number of benzene rings is 1. The summed E-state index contributed by atoms with van der Waals surface area (Å²) in [7, 11) is 0. The van der Waals surface area contributed by atoms with Crippen molar-refractivity contribution in [1.29, 1.82) is 0 Å². The lowest BCUT2D eigenvalue weighted by Gasteiger charge is -2.34. The molecule has 100 valence electrons. The lowest BCUT2D eigenvalue weighted by molar-refractivity contribution is 0.0651. The zero-order valence-corrected chi connectivity index (χ0v) is 11.4. The maximum Gasteiger partial charge on any atom is 0.257 e. The van der Waals surface area contributed by atoms with E-state index in [1.807, 2.05) is 13.8 Å². The minimum absolute atomic E-state index is 0. The van der Waals surface area contributed by atoms with E-state index in [0.717, 1.165) is 18.7 Å². The molecule has 0 unspecified atom stereocenters. The molecule has 1 aromatic carbocycles. The SMILES string of the molecule is Cc1ccc(F)c(C(=O)N2CCNC[C@@H]2C)c1.Cl. The summed E-state index contributed by atoms with van der Waals surface area (Å²) in [6, 6.07) is 4.76. The van der Waals surface area contributed by atoms with Crippen molar-refractivity contribution in [1.82, 2.24) is 10.2 Å². The lowest BCUT2D eigenvalue weighted by Crippen LogP contribution is -2.52. The second-order valence-electron chi connectivity index (χ2n) is 4.53. The topological polar surface area (TPSA) is 32.3 Å². The van der Waals surface area contributed by atoms with Crippen molar-refractivity contribution in [3.05, 3.63) is 35.1 Å². The highest BCUT2D eigenvalue weighted by atomic mass is 35.5. The molecule has 0 radical (unpaired) electrons. The number of halogens is 2. The predicted molar refractivity (Wildman–Crippen MR) is 71.8 cm³/mol. The van der Waals surface area contributed by atoms with Crippen LogP contribution in [0.2, 0.25) is 0 Å². The van der Waals surface area contributed by atoms with Crippen LogP contribution in [-0.2, 0) is 0 Å². The van der Waals surface area contributed by atoms with Crippen LogP contribution < -0.4 is 5.32 Å². The molecule has 1 amide bonds. The number of aryl methyl sites for hydroxylation is 1. The smallest absolute Gasteiger partial charge is 0.257 e. The summed E-state index contributed by atoms with van der Waals surface area (Å²) in [5.74, 6) is -0.647. The number of carbonyl (C=O) groups excluding carboxylic acids is 1. The molecule has 0 aliphatic carbocycles. The molecule has 1 aromatic rings. The Labute approximate surface area is 113 Å². The molecule has 1 aliphatic heterocycles. The third-order valence-electron chi connectivity index (χ3n) is 3.11. The van der Waals surface area contributed by atoms with Crippen molar-refractivity contribution in [2.24, 2.45) is 0 Å². The first-order valence-electron chi connectivity index (χ1n) is 5.87. The van der Waals surface area contributed by atoms with Crippen molar-refractivity contribution in [2.75, 3.05) is 19.6 Å². The van der Waals surface area contributed by atoms with Gasteiger partial charge in [0.1, 0.15) is 5.82 Å². The van der Waals surface area contributed by atoms with Crippen LogP contribution in [0.1, 0.15) is 22.8 Å². The Hall–Kier alpha value is -1.13. The number of nitrogens with one attached hydrogen (secondary N) is 1. The van der Waals surface area contributed by atoms with E-state index in [1.54, 1.807) is 17.0 Å². The van der Waals surface area contributed by atoms with Crippen molar-refractivity contribution in [2.45, 2.75) is 19.9 Å². The monoisotopic (exact) mass is 272 g/mol. The second-order valence-corrected chi connectivity index (χ2v) is 4.53. The van der Waals surface area contributed by atoms with Gasteiger partial charge in [-0.25, -0.2) is 4.39 Å². The standard InChI is InChI=1S/C13H17FN2O.ClH/c1-9-3-4-12(14)11(7-9)13(17)16-6-5-15-8-10(16)2;/h3-4,7,10,15H,5-6,8H2,1-2H3;1H/t10-;/m0./s1. The highest BCUT2D eigenvalue weighted by Gasteiger charge is 2.25. The summed E-state index contributed by atoms with van der Waals surface area (Å²) >= 11 is 0. The van der Waals surface area contributed by atoms with Crippen LogP contribution in [0.5, 0.6) is 0 Å². The Balaban J connectivity index is 0.00000162. The van der Waals surface area contributed by atoms with E-state index in [1.165, 1.54) is 6.07 Å². The highest BCUT2D eigenvalue weighted by molar-refractivity contribution is 5.95. The van der Waals surface area contributed by atoms with Gasteiger partial charge in [0.05, 0.1) is 5.56 Å². The van der Waals surface area contributed by atoms with E-state index in [9.17, 15) is 9.18 Å². The number of piperazine rings is 1. The third-order valence-corrected chi connectivity index (χ3v) is 3.11. The fraction of sp³-hybridized carbons (Fsp3) is 0.462. The van der Waals surface area contributed by atoms with E-state index in [4.69, 9.17) is 0 Å². The largest absolute Gasteiger partial charge is 0.333 e. The van der Waals surface area contributed by atoms with Crippen LogP contribution >= 0.6 is 12.4 Å². The molecule has 3 nitrogen and oxygen atoms in total. The molecule has 18 heavy (non-hydrogen) atoms. The zero-order chi connectivity index (χ0) is 12.4. The van der Waals surface area contributed by atoms with Crippen LogP contribution in [-0.4, -0.2) is 36.5 Å². The normalized spacial score (nSPS) is 19.3. The van der Waals surface area contributed by atoms with Gasteiger partial charge >= 0.3 is 0 Å².